The van der Waals surface area contributed by atoms with Crippen LogP contribution in [-0.2, 0) is 6.54 Å². The molecule has 0 aliphatic rings. The second-order valence-corrected chi connectivity index (χ2v) is 13.0. The number of aryl methyl sites for hydroxylation is 1. The molecule has 0 saturated carbocycles. The van der Waals surface area contributed by atoms with Gasteiger partial charge in [0.25, 0.3) is 0 Å². The molecule has 0 fully saturated rings. The number of aromatic nitrogens is 1. The summed E-state index contributed by atoms with van der Waals surface area (Å²) in [6.07, 6.45) is 38.2. The summed E-state index contributed by atoms with van der Waals surface area (Å²) in [7, 11) is 0. The number of nitrogens with zero attached hydrogens (tertiary/aromatic N) is 2. The Kier molecular flexibility index (Phi) is 26.1. The minimum absolute atomic E-state index is 0.0457. The molecule has 0 aliphatic carbocycles. The summed E-state index contributed by atoms with van der Waals surface area (Å²) in [5.74, 6) is 0.0457. The lowest BCUT2D eigenvalue weighted by Crippen LogP contribution is -2.26. The highest BCUT2D eigenvalue weighted by Crippen LogP contribution is 2.23. The van der Waals surface area contributed by atoms with E-state index in [0.717, 1.165) is 24.9 Å². The SMILES string of the molecule is CCCCCCCCCCCCCCCN(CCCCCCCCCCCCCCC)Cc1cnc(C)c(O)c1C=O. The van der Waals surface area contributed by atoms with Crippen molar-refractivity contribution in [2.45, 2.75) is 194 Å². The van der Waals surface area contributed by atoms with Gasteiger partial charge < -0.3 is 5.11 Å². The van der Waals surface area contributed by atoms with E-state index in [-0.39, 0.29) is 5.75 Å². The molecule has 0 radical (unpaired) electrons. The van der Waals surface area contributed by atoms with Crippen LogP contribution in [0.5, 0.6) is 5.75 Å². The molecule has 0 atom stereocenters. The zero-order valence-electron chi connectivity index (χ0n) is 28.4. The molecule has 1 aromatic rings. The van der Waals surface area contributed by atoms with Gasteiger partial charge in [-0.05, 0) is 38.4 Å². The topological polar surface area (TPSA) is 53.4 Å². The number of unbranched alkanes of at least 4 members (excludes halogenated alkanes) is 24. The maximum atomic E-state index is 11.7. The van der Waals surface area contributed by atoms with E-state index in [0.29, 0.717) is 17.8 Å². The number of pyridine rings is 1. The van der Waals surface area contributed by atoms with Crippen LogP contribution in [0.25, 0.3) is 0 Å². The van der Waals surface area contributed by atoms with E-state index < -0.39 is 0 Å². The van der Waals surface area contributed by atoms with Crippen molar-refractivity contribution < 1.29 is 9.90 Å². The Morgan fingerprint density at radius 3 is 1.26 bits per heavy atom. The van der Waals surface area contributed by atoms with E-state index in [1.54, 1.807) is 13.1 Å². The van der Waals surface area contributed by atoms with Crippen LogP contribution in [0, 0.1) is 6.92 Å². The molecular formula is C38H70N2O2. The molecule has 0 aliphatic heterocycles. The van der Waals surface area contributed by atoms with E-state index in [1.807, 2.05) is 0 Å². The Balaban J connectivity index is 2.28. The number of hydrogen-bond donors (Lipinski definition) is 1. The number of carbonyl (C=O) groups is 1. The predicted octanol–water partition coefficient (Wildman–Crippen LogP) is 11.9. The summed E-state index contributed by atoms with van der Waals surface area (Å²) >= 11 is 0. The van der Waals surface area contributed by atoms with Gasteiger partial charge in [0.1, 0.15) is 5.75 Å². The van der Waals surface area contributed by atoms with Crippen LogP contribution >= 0.6 is 0 Å². The van der Waals surface area contributed by atoms with Gasteiger partial charge in [-0.15, -0.1) is 0 Å². The highest BCUT2D eigenvalue weighted by molar-refractivity contribution is 5.81. The van der Waals surface area contributed by atoms with Gasteiger partial charge in [-0.3, -0.25) is 14.7 Å². The monoisotopic (exact) mass is 587 g/mol. The molecule has 244 valence electrons. The minimum Gasteiger partial charge on any atom is -0.505 e. The summed E-state index contributed by atoms with van der Waals surface area (Å²) in [5, 5.41) is 10.4. The van der Waals surface area contributed by atoms with Gasteiger partial charge in [-0.1, -0.05) is 168 Å². The van der Waals surface area contributed by atoms with Crippen molar-refractivity contribution in [1.29, 1.82) is 0 Å². The summed E-state index contributed by atoms with van der Waals surface area (Å²) in [6.45, 7) is 9.14. The van der Waals surface area contributed by atoms with E-state index in [2.05, 4.69) is 23.7 Å². The number of carbonyl (C=O) groups excluding carboxylic acids is 1. The summed E-state index contributed by atoms with van der Waals surface area (Å²) in [4.78, 5) is 18.6. The van der Waals surface area contributed by atoms with Crippen molar-refractivity contribution in [3.63, 3.8) is 0 Å². The van der Waals surface area contributed by atoms with E-state index >= 15 is 0 Å². The molecular weight excluding hydrogens is 516 g/mol. The van der Waals surface area contributed by atoms with Crippen LogP contribution in [-0.4, -0.2) is 34.4 Å². The van der Waals surface area contributed by atoms with Crippen molar-refractivity contribution in [2.75, 3.05) is 13.1 Å². The molecule has 0 aromatic carbocycles. The van der Waals surface area contributed by atoms with Crippen molar-refractivity contribution in [1.82, 2.24) is 9.88 Å². The van der Waals surface area contributed by atoms with Crippen LogP contribution in [0.1, 0.15) is 202 Å². The predicted molar refractivity (Wildman–Crippen MR) is 183 cm³/mol. The first kappa shape index (κ1) is 38.6. The van der Waals surface area contributed by atoms with Gasteiger partial charge in [0.2, 0.25) is 0 Å². The Hall–Kier alpha value is -1.42. The van der Waals surface area contributed by atoms with Crippen LogP contribution in [0.2, 0.25) is 0 Å². The number of aldehydes is 1. The third-order valence-corrected chi connectivity index (χ3v) is 9.03. The van der Waals surface area contributed by atoms with Crippen LogP contribution in [0.15, 0.2) is 6.20 Å². The number of rotatable bonds is 31. The zero-order valence-corrected chi connectivity index (χ0v) is 28.4. The van der Waals surface area contributed by atoms with Crippen molar-refractivity contribution in [2.24, 2.45) is 0 Å². The highest BCUT2D eigenvalue weighted by Gasteiger charge is 2.14. The van der Waals surface area contributed by atoms with Crippen LogP contribution in [0.4, 0.5) is 0 Å². The Morgan fingerprint density at radius 1 is 0.595 bits per heavy atom. The molecule has 0 amide bonds. The third-order valence-electron chi connectivity index (χ3n) is 9.03. The van der Waals surface area contributed by atoms with E-state index in [4.69, 9.17) is 0 Å². The Bertz CT molecular complexity index is 721. The second kappa shape index (κ2) is 28.4. The van der Waals surface area contributed by atoms with Gasteiger partial charge >= 0.3 is 0 Å². The fourth-order valence-electron chi connectivity index (χ4n) is 6.13. The number of aromatic hydroxyl groups is 1. The molecule has 4 nitrogen and oxygen atoms in total. The van der Waals surface area contributed by atoms with Crippen molar-refractivity contribution in [3.8, 4) is 5.75 Å². The first-order valence-corrected chi connectivity index (χ1v) is 18.5. The van der Waals surface area contributed by atoms with E-state index in [9.17, 15) is 9.90 Å². The quantitative estimate of drug-likeness (QED) is 0.0694. The molecule has 0 saturated heterocycles. The fourth-order valence-corrected chi connectivity index (χ4v) is 6.13. The molecule has 1 rings (SSSR count). The van der Waals surface area contributed by atoms with Gasteiger partial charge in [0, 0.05) is 12.7 Å². The normalized spacial score (nSPS) is 11.5. The largest absolute Gasteiger partial charge is 0.505 e. The van der Waals surface area contributed by atoms with Crippen LogP contribution < -0.4 is 0 Å². The average Bonchev–Trinajstić information content (AvgIpc) is 2.99. The first-order chi connectivity index (χ1) is 20.6. The lowest BCUT2D eigenvalue weighted by atomic mass is 10.0. The Labute approximate surface area is 261 Å². The van der Waals surface area contributed by atoms with Gasteiger partial charge in [-0.25, -0.2) is 0 Å². The minimum atomic E-state index is 0.0457. The smallest absolute Gasteiger partial charge is 0.154 e. The standard InChI is InChI=1S/C38H70N2O2/c1-4-6-8-10-12-14-16-18-20-22-24-26-28-30-40(33-36-32-39-35(3)38(42)37(36)34-41)31-29-27-25-23-21-19-17-15-13-11-9-7-5-2/h32,34,42H,4-31,33H2,1-3H3. The average molecular weight is 587 g/mol. The molecule has 0 spiro atoms. The second-order valence-electron chi connectivity index (χ2n) is 13.0. The number of hydrogen-bond acceptors (Lipinski definition) is 4. The van der Waals surface area contributed by atoms with Crippen molar-refractivity contribution >= 4 is 6.29 Å². The van der Waals surface area contributed by atoms with Gasteiger partial charge in [0.15, 0.2) is 6.29 Å². The fraction of sp³-hybridized carbons (Fsp3) is 0.842. The molecule has 0 unspecified atom stereocenters. The summed E-state index contributed by atoms with van der Waals surface area (Å²) in [5.41, 5.74) is 1.81. The lowest BCUT2D eigenvalue weighted by molar-refractivity contribution is 0.111. The third kappa shape index (κ3) is 20.5. The molecule has 1 N–H and O–H groups in total. The lowest BCUT2D eigenvalue weighted by Gasteiger charge is -2.23. The summed E-state index contributed by atoms with van der Waals surface area (Å²) < 4.78 is 0. The maximum Gasteiger partial charge on any atom is 0.154 e. The maximum absolute atomic E-state index is 11.7. The van der Waals surface area contributed by atoms with Crippen molar-refractivity contribution in [3.05, 3.63) is 23.0 Å². The molecule has 1 aromatic heterocycles. The molecule has 4 heteroatoms. The van der Waals surface area contributed by atoms with E-state index in [1.165, 1.54) is 167 Å². The molecule has 1 heterocycles. The van der Waals surface area contributed by atoms with Gasteiger partial charge in [0.05, 0.1) is 11.3 Å². The molecule has 42 heavy (non-hydrogen) atoms. The highest BCUT2D eigenvalue weighted by atomic mass is 16.3. The Morgan fingerprint density at radius 2 is 0.929 bits per heavy atom. The molecule has 0 bridgehead atoms. The first-order valence-electron chi connectivity index (χ1n) is 18.5. The zero-order chi connectivity index (χ0) is 30.5. The summed E-state index contributed by atoms with van der Waals surface area (Å²) in [6, 6.07) is 0. The van der Waals surface area contributed by atoms with Gasteiger partial charge in [-0.2, -0.15) is 0 Å². The van der Waals surface area contributed by atoms with Crippen LogP contribution in [0.3, 0.4) is 0 Å².